The molecular weight excluding hydrogens is 420 g/mol. The van der Waals surface area contributed by atoms with Gasteiger partial charge in [0.05, 0.1) is 10.8 Å². The van der Waals surface area contributed by atoms with Crippen LogP contribution in [0.3, 0.4) is 0 Å². The summed E-state index contributed by atoms with van der Waals surface area (Å²) in [7, 11) is 0. The van der Waals surface area contributed by atoms with Gasteiger partial charge in [0.15, 0.2) is 0 Å². The zero-order valence-corrected chi connectivity index (χ0v) is 20.9. The molecule has 0 saturated heterocycles. The number of benzene rings is 1. The quantitative estimate of drug-likeness (QED) is 0.520. The predicted octanol–water partition coefficient (Wildman–Crippen LogP) is 6.78. The van der Waals surface area contributed by atoms with E-state index in [0.717, 1.165) is 73.6 Å². The summed E-state index contributed by atoms with van der Waals surface area (Å²) < 4.78 is 0. The summed E-state index contributed by atoms with van der Waals surface area (Å²) in [6, 6.07) is 7.88. The number of hydrogen-bond donors (Lipinski definition) is 2. The molecule has 1 aromatic carbocycles. The van der Waals surface area contributed by atoms with Crippen LogP contribution in [0, 0.1) is 45.3 Å². The maximum Gasteiger partial charge on any atom is 0.230 e. The average Bonchev–Trinajstić information content (AvgIpc) is 2.71. The number of carbonyl (C=O) groups excluding carboxylic acids is 2. The second-order valence-electron chi connectivity index (χ2n) is 14.6. The molecule has 9 rings (SSSR count). The van der Waals surface area contributed by atoms with Crippen LogP contribution < -0.4 is 10.6 Å². The lowest BCUT2D eigenvalue weighted by Gasteiger charge is -2.60. The van der Waals surface area contributed by atoms with Crippen molar-refractivity contribution in [3.05, 3.63) is 24.3 Å². The van der Waals surface area contributed by atoms with E-state index in [1.54, 1.807) is 0 Å². The molecule has 4 atom stereocenters. The van der Waals surface area contributed by atoms with Gasteiger partial charge in [0.1, 0.15) is 0 Å². The summed E-state index contributed by atoms with van der Waals surface area (Å²) >= 11 is 0. The van der Waals surface area contributed by atoms with E-state index in [-0.39, 0.29) is 22.6 Å². The maximum absolute atomic E-state index is 13.5. The van der Waals surface area contributed by atoms with E-state index in [2.05, 4.69) is 24.5 Å². The van der Waals surface area contributed by atoms with Crippen molar-refractivity contribution in [1.29, 1.82) is 0 Å². The molecule has 0 spiro atoms. The minimum Gasteiger partial charge on any atom is -0.326 e. The zero-order valence-electron chi connectivity index (χ0n) is 20.9. The van der Waals surface area contributed by atoms with E-state index >= 15 is 0 Å². The zero-order chi connectivity index (χ0) is 23.3. The van der Waals surface area contributed by atoms with Crippen molar-refractivity contribution in [2.24, 2.45) is 45.3 Å². The van der Waals surface area contributed by atoms with Gasteiger partial charge in [0, 0.05) is 11.4 Å². The lowest BCUT2D eigenvalue weighted by molar-refractivity contribution is -0.150. The third-order valence-corrected chi connectivity index (χ3v) is 11.1. The van der Waals surface area contributed by atoms with Gasteiger partial charge >= 0.3 is 0 Å². The number of anilines is 2. The molecule has 8 fully saturated rings. The summed E-state index contributed by atoms with van der Waals surface area (Å²) in [5, 5.41) is 6.52. The van der Waals surface area contributed by atoms with Gasteiger partial charge in [0.2, 0.25) is 11.8 Å². The highest BCUT2D eigenvalue weighted by molar-refractivity contribution is 5.97. The van der Waals surface area contributed by atoms with Crippen LogP contribution >= 0.6 is 0 Å². The smallest absolute Gasteiger partial charge is 0.230 e. The predicted molar refractivity (Wildman–Crippen MR) is 134 cm³/mol. The Balaban J connectivity index is 1.03. The lowest BCUT2D eigenvalue weighted by atomic mass is 9.44. The number of nitrogens with one attached hydrogen (secondary N) is 2. The van der Waals surface area contributed by atoms with Crippen LogP contribution in [0.5, 0.6) is 0 Å². The van der Waals surface area contributed by atoms with Crippen LogP contribution in [0.15, 0.2) is 24.3 Å². The minimum atomic E-state index is -0.166. The summed E-state index contributed by atoms with van der Waals surface area (Å²) in [6.45, 7) is 4.82. The second-order valence-corrected chi connectivity index (χ2v) is 14.6. The van der Waals surface area contributed by atoms with Crippen molar-refractivity contribution < 1.29 is 9.59 Å². The monoisotopic (exact) mass is 460 g/mol. The second kappa shape index (κ2) is 6.89. The minimum absolute atomic E-state index is 0.166. The van der Waals surface area contributed by atoms with Gasteiger partial charge in [-0.25, -0.2) is 0 Å². The molecular formula is C30H40N2O2. The van der Waals surface area contributed by atoms with Gasteiger partial charge in [-0.3, -0.25) is 9.59 Å². The van der Waals surface area contributed by atoms with Gasteiger partial charge in [-0.1, -0.05) is 13.8 Å². The van der Waals surface area contributed by atoms with Crippen molar-refractivity contribution in [3.63, 3.8) is 0 Å². The number of rotatable bonds is 4. The fourth-order valence-corrected chi connectivity index (χ4v) is 11.1. The molecule has 0 aliphatic heterocycles. The highest BCUT2D eigenvalue weighted by Crippen LogP contribution is 2.66. The molecule has 4 heteroatoms. The fourth-order valence-electron chi connectivity index (χ4n) is 11.1. The molecule has 2 amide bonds. The summed E-state index contributed by atoms with van der Waals surface area (Å²) in [5.41, 5.74) is 2.10. The largest absolute Gasteiger partial charge is 0.326 e. The topological polar surface area (TPSA) is 58.2 Å². The first kappa shape index (κ1) is 21.4. The van der Waals surface area contributed by atoms with Crippen LogP contribution in [0.2, 0.25) is 0 Å². The van der Waals surface area contributed by atoms with Crippen LogP contribution in [0.25, 0.3) is 0 Å². The van der Waals surface area contributed by atoms with Gasteiger partial charge < -0.3 is 10.6 Å². The molecule has 8 aliphatic rings. The number of amides is 2. The summed E-state index contributed by atoms with van der Waals surface area (Å²) in [6.07, 6.45) is 14.3. The van der Waals surface area contributed by atoms with Crippen LogP contribution in [-0.2, 0) is 9.59 Å². The SMILES string of the molecule is CC12CC3CC(C1)CC(C(=O)Nc1ccc(NC(=O)C45CC6CC(CC(C)(C6)C4)C5)cc1)(C3)C2. The van der Waals surface area contributed by atoms with Crippen molar-refractivity contribution in [3.8, 4) is 0 Å². The molecule has 182 valence electrons. The molecule has 0 radical (unpaired) electrons. The van der Waals surface area contributed by atoms with Gasteiger partial charge in [-0.2, -0.15) is 0 Å². The Kier molecular flexibility index (Phi) is 4.34. The van der Waals surface area contributed by atoms with E-state index in [9.17, 15) is 9.59 Å². The average molecular weight is 461 g/mol. The Morgan fingerprint density at radius 3 is 1.24 bits per heavy atom. The Morgan fingerprint density at radius 2 is 0.941 bits per heavy atom. The van der Waals surface area contributed by atoms with Gasteiger partial charge in [-0.05, 0) is 136 Å². The van der Waals surface area contributed by atoms with Crippen molar-refractivity contribution >= 4 is 23.2 Å². The van der Waals surface area contributed by atoms with E-state index in [1.807, 2.05) is 24.3 Å². The van der Waals surface area contributed by atoms with Crippen molar-refractivity contribution in [1.82, 2.24) is 0 Å². The fraction of sp³-hybridized carbons (Fsp3) is 0.733. The molecule has 8 aliphatic carbocycles. The molecule has 8 saturated carbocycles. The Labute approximate surface area is 204 Å². The van der Waals surface area contributed by atoms with Gasteiger partial charge in [0.25, 0.3) is 0 Å². The van der Waals surface area contributed by atoms with Crippen molar-refractivity contribution in [2.45, 2.75) is 90.9 Å². The summed E-state index contributed by atoms with van der Waals surface area (Å²) in [5.74, 6) is 3.41. The molecule has 1 aromatic rings. The standard InChI is InChI=1S/C30H40N2O2/c1-27-9-19-7-20(10-27)14-29(13-19,17-27)25(33)31-23-3-5-24(6-4-23)32-26(34)30-15-21-8-22(16-30)12-28(2,11-21)18-30/h3-6,19-22H,7-18H2,1-2H3,(H,31,33)(H,32,34). The highest BCUT2D eigenvalue weighted by atomic mass is 16.2. The molecule has 4 unspecified atom stereocenters. The summed E-state index contributed by atoms with van der Waals surface area (Å²) in [4.78, 5) is 27.0. The van der Waals surface area contributed by atoms with E-state index < -0.39 is 0 Å². The first-order valence-corrected chi connectivity index (χ1v) is 13.9. The Hall–Kier alpha value is -1.84. The third-order valence-electron chi connectivity index (χ3n) is 11.1. The Bertz CT molecular complexity index is 931. The molecule has 4 nitrogen and oxygen atoms in total. The van der Waals surface area contributed by atoms with Crippen LogP contribution in [-0.4, -0.2) is 11.8 Å². The van der Waals surface area contributed by atoms with E-state index in [4.69, 9.17) is 0 Å². The first-order valence-electron chi connectivity index (χ1n) is 13.9. The normalized spacial score (nSPS) is 47.6. The molecule has 34 heavy (non-hydrogen) atoms. The van der Waals surface area contributed by atoms with E-state index in [1.165, 1.54) is 38.5 Å². The van der Waals surface area contributed by atoms with Crippen LogP contribution in [0.1, 0.15) is 90.9 Å². The molecule has 0 aromatic heterocycles. The van der Waals surface area contributed by atoms with E-state index in [0.29, 0.717) is 10.8 Å². The third kappa shape index (κ3) is 3.30. The van der Waals surface area contributed by atoms with Crippen molar-refractivity contribution in [2.75, 3.05) is 10.6 Å². The first-order chi connectivity index (χ1) is 16.1. The molecule has 2 N–H and O–H groups in total. The van der Waals surface area contributed by atoms with Gasteiger partial charge in [-0.15, -0.1) is 0 Å². The molecule has 0 heterocycles. The number of hydrogen-bond acceptors (Lipinski definition) is 2. The number of carbonyl (C=O) groups is 2. The molecule has 8 bridgehead atoms. The van der Waals surface area contributed by atoms with Crippen LogP contribution in [0.4, 0.5) is 11.4 Å². The maximum atomic E-state index is 13.5. The Morgan fingerprint density at radius 1 is 0.618 bits per heavy atom. The highest BCUT2D eigenvalue weighted by Gasteiger charge is 2.60. The lowest BCUT2D eigenvalue weighted by Crippen LogP contribution is -2.55.